The maximum atomic E-state index is 5.20. The molecule has 0 unspecified atom stereocenters. The van der Waals surface area contributed by atoms with Crippen LogP contribution >= 0.6 is 0 Å². The Labute approximate surface area is 221 Å². The number of hydrogen-bond donors (Lipinski definition) is 0. The third kappa shape index (κ3) is 3.44. The number of nitrogens with zero attached hydrogens (tertiary/aromatic N) is 3. The van der Waals surface area contributed by atoms with Crippen LogP contribution in [0.4, 0.5) is 0 Å². The van der Waals surface area contributed by atoms with Crippen LogP contribution in [-0.2, 0) is 0 Å². The quantitative estimate of drug-likeness (QED) is 0.141. The van der Waals surface area contributed by atoms with E-state index in [1.165, 1.54) is 21.9 Å². The van der Waals surface area contributed by atoms with Gasteiger partial charge in [-0.3, -0.25) is 4.40 Å². The zero-order valence-corrected chi connectivity index (χ0v) is 21.1. The van der Waals surface area contributed by atoms with E-state index in [9.17, 15) is 0 Å². The van der Waals surface area contributed by atoms with Gasteiger partial charge in [-0.05, 0) is 53.1 Å². The maximum Gasteiger partial charge on any atom is 0.164 e. The van der Waals surface area contributed by atoms with Crippen molar-refractivity contribution in [3.05, 3.63) is 133 Å². The summed E-state index contributed by atoms with van der Waals surface area (Å²) in [5.41, 5.74) is 9.22. The number of benzene rings is 4. The SMILES string of the molecule is C=C/C=C\c1nc2c3cc4ccccc4cc3c3c(-c4ccccc4)cc(-c4ccccc4)n3c2nc1C. The molecule has 3 heteroatoms. The lowest BCUT2D eigenvalue weighted by molar-refractivity contribution is 1.11. The number of hydrogen-bond acceptors (Lipinski definition) is 2. The van der Waals surface area contributed by atoms with Crippen molar-refractivity contribution in [1.29, 1.82) is 0 Å². The van der Waals surface area contributed by atoms with Gasteiger partial charge in [-0.2, -0.15) is 0 Å². The van der Waals surface area contributed by atoms with E-state index in [-0.39, 0.29) is 0 Å². The highest BCUT2D eigenvalue weighted by Crippen LogP contribution is 2.41. The Morgan fingerprint density at radius 1 is 0.711 bits per heavy atom. The average molecular weight is 488 g/mol. The number of aromatic nitrogens is 3. The second-order valence-corrected chi connectivity index (χ2v) is 9.57. The van der Waals surface area contributed by atoms with E-state index in [1.54, 1.807) is 6.08 Å². The van der Waals surface area contributed by atoms with Gasteiger partial charge < -0.3 is 0 Å². The van der Waals surface area contributed by atoms with Crippen LogP contribution in [0.3, 0.4) is 0 Å². The van der Waals surface area contributed by atoms with E-state index in [0.717, 1.165) is 50.1 Å². The van der Waals surface area contributed by atoms with E-state index in [1.807, 2.05) is 19.1 Å². The Morgan fingerprint density at radius 3 is 2.03 bits per heavy atom. The topological polar surface area (TPSA) is 30.2 Å². The normalized spacial score (nSPS) is 11.8. The predicted molar refractivity (Wildman–Crippen MR) is 160 cm³/mol. The molecule has 0 saturated heterocycles. The molecule has 7 aromatic rings. The molecule has 38 heavy (non-hydrogen) atoms. The smallest absolute Gasteiger partial charge is 0.164 e. The Morgan fingerprint density at radius 2 is 1.34 bits per heavy atom. The molecule has 0 radical (unpaired) electrons. The largest absolute Gasteiger partial charge is 0.291 e. The molecule has 180 valence electrons. The molecule has 0 aliphatic rings. The van der Waals surface area contributed by atoms with E-state index in [4.69, 9.17) is 9.97 Å². The number of pyridine rings is 1. The van der Waals surface area contributed by atoms with Gasteiger partial charge in [0.25, 0.3) is 0 Å². The summed E-state index contributed by atoms with van der Waals surface area (Å²) in [6.07, 6.45) is 5.66. The minimum absolute atomic E-state index is 0.850. The molecule has 3 heterocycles. The maximum absolute atomic E-state index is 5.20. The van der Waals surface area contributed by atoms with Crippen molar-refractivity contribution >= 4 is 44.3 Å². The van der Waals surface area contributed by atoms with Crippen molar-refractivity contribution in [1.82, 2.24) is 14.4 Å². The van der Waals surface area contributed by atoms with E-state index >= 15 is 0 Å². The monoisotopic (exact) mass is 487 g/mol. The molecular weight excluding hydrogens is 462 g/mol. The van der Waals surface area contributed by atoms with Crippen molar-refractivity contribution in [3.8, 4) is 22.4 Å². The summed E-state index contributed by atoms with van der Waals surface area (Å²) in [5, 5.41) is 4.65. The summed E-state index contributed by atoms with van der Waals surface area (Å²) in [5.74, 6) is 0. The van der Waals surface area contributed by atoms with E-state index in [0.29, 0.717) is 0 Å². The van der Waals surface area contributed by atoms with Crippen LogP contribution in [0.5, 0.6) is 0 Å². The van der Waals surface area contributed by atoms with Crippen molar-refractivity contribution in [2.75, 3.05) is 0 Å². The molecule has 0 spiro atoms. The Balaban J connectivity index is 1.76. The molecular formula is C35H25N3. The van der Waals surface area contributed by atoms with Crippen LogP contribution < -0.4 is 0 Å². The van der Waals surface area contributed by atoms with Crippen LogP contribution in [0.25, 0.3) is 66.7 Å². The number of allylic oxidation sites excluding steroid dienone is 2. The summed E-state index contributed by atoms with van der Waals surface area (Å²) in [6.45, 7) is 5.85. The minimum Gasteiger partial charge on any atom is -0.291 e. The molecule has 0 amide bonds. The zero-order chi connectivity index (χ0) is 25.6. The lowest BCUT2D eigenvalue weighted by Gasteiger charge is -2.14. The second-order valence-electron chi connectivity index (χ2n) is 9.57. The molecule has 3 aromatic heterocycles. The molecule has 7 rings (SSSR count). The lowest BCUT2D eigenvalue weighted by atomic mass is 9.99. The first-order valence-electron chi connectivity index (χ1n) is 12.8. The Bertz CT molecular complexity index is 2030. The average Bonchev–Trinajstić information content (AvgIpc) is 3.37. The summed E-state index contributed by atoms with van der Waals surface area (Å²) in [6, 6.07) is 36.6. The van der Waals surface area contributed by atoms with Gasteiger partial charge in [-0.15, -0.1) is 0 Å². The van der Waals surface area contributed by atoms with Crippen LogP contribution in [0.2, 0.25) is 0 Å². The van der Waals surface area contributed by atoms with Crippen molar-refractivity contribution < 1.29 is 0 Å². The fraction of sp³-hybridized carbons (Fsp3) is 0.0286. The zero-order valence-electron chi connectivity index (χ0n) is 21.1. The highest BCUT2D eigenvalue weighted by Gasteiger charge is 2.21. The molecule has 0 aliphatic heterocycles. The first-order chi connectivity index (χ1) is 18.7. The summed E-state index contributed by atoms with van der Waals surface area (Å²) in [7, 11) is 0. The van der Waals surface area contributed by atoms with Crippen LogP contribution in [0.15, 0.2) is 122 Å². The van der Waals surface area contributed by atoms with E-state index in [2.05, 4.69) is 114 Å². The predicted octanol–water partition coefficient (Wildman–Crippen LogP) is 9.03. The van der Waals surface area contributed by atoms with Crippen molar-refractivity contribution in [3.63, 3.8) is 0 Å². The van der Waals surface area contributed by atoms with Gasteiger partial charge in [-0.25, -0.2) is 9.97 Å². The lowest BCUT2D eigenvalue weighted by Crippen LogP contribution is -2.02. The van der Waals surface area contributed by atoms with Gasteiger partial charge in [0.05, 0.1) is 22.6 Å². The van der Waals surface area contributed by atoms with Gasteiger partial charge in [0.2, 0.25) is 0 Å². The molecule has 3 nitrogen and oxygen atoms in total. The molecule has 0 N–H and O–H groups in total. The van der Waals surface area contributed by atoms with Crippen LogP contribution in [-0.4, -0.2) is 14.4 Å². The number of fused-ring (bicyclic) bond motifs is 7. The van der Waals surface area contributed by atoms with Gasteiger partial charge in [0, 0.05) is 16.3 Å². The fourth-order valence-corrected chi connectivity index (χ4v) is 5.46. The summed E-state index contributed by atoms with van der Waals surface area (Å²) < 4.78 is 2.31. The molecule has 4 aromatic carbocycles. The van der Waals surface area contributed by atoms with Crippen molar-refractivity contribution in [2.45, 2.75) is 6.92 Å². The molecule has 0 atom stereocenters. The third-order valence-corrected chi connectivity index (χ3v) is 7.24. The summed E-state index contributed by atoms with van der Waals surface area (Å²) >= 11 is 0. The van der Waals surface area contributed by atoms with Crippen LogP contribution in [0, 0.1) is 6.92 Å². The third-order valence-electron chi connectivity index (χ3n) is 7.24. The van der Waals surface area contributed by atoms with Gasteiger partial charge >= 0.3 is 0 Å². The Kier molecular flexibility index (Phi) is 5.15. The number of aryl methyl sites for hydroxylation is 1. The fourth-order valence-electron chi connectivity index (χ4n) is 5.46. The first-order valence-corrected chi connectivity index (χ1v) is 12.8. The Hall–Kier alpha value is -5.02. The molecule has 0 saturated carbocycles. The molecule has 0 fully saturated rings. The van der Waals surface area contributed by atoms with Gasteiger partial charge in [-0.1, -0.05) is 104 Å². The van der Waals surface area contributed by atoms with Crippen LogP contribution in [0.1, 0.15) is 11.4 Å². The minimum atomic E-state index is 0.850. The summed E-state index contributed by atoms with van der Waals surface area (Å²) in [4.78, 5) is 10.4. The van der Waals surface area contributed by atoms with Crippen molar-refractivity contribution in [2.24, 2.45) is 0 Å². The van der Waals surface area contributed by atoms with Gasteiger partial charge in [0.1, 0.15) is 5.52 Å². The van der Waals surface area contributed by atoms with E-state index < -0.39 is 0 Å². The van der Waals surface area contributed by atoms with Gasteiger partial charge in [0.15, 0.2) is 5.65 Å². The standard InChI is InChI=1S/C35H25N3/c1-3-4-19-31-23(2)36-35-33(37-31)29-20-26-17-11-12-18-27(26)21-30(29)34-28(24-13-7-5-8-14-24)22-32(38(34)35)25-15-9-6-10-16-25/h3-22H,1H2,2H3/b19-4-. The number of rotatable bonds is 4. The second kappa shape index (κ2) is 8.82. The molecule has 0 aliphatic carbocycles. The molecule has 0 bridgehead atoms. The highest BCUT2D eigenvalue weighted by molar-refractivity contribution is 6.18. The highest BCUT2D eigenvalue weighted by atomic mass is 15.0. The first kappa shape index (κ1) is 22.2.